The number of anilines is 4. The number of amides is 6. The number of carbonyl (C=O) groups excluding carboxylic acids is 6. The summed E-state index contributed by atoms with van der Waals surface area (Å²) in [5, 5.41) is 11.7. The number of hydrogen-bond donors (Lipinski definition) is 6. The number of ether oxygens (including phenoxy) is 3. The molecule has 1 spiro atoms. The zero-order chi connectivity index (χ0) is 46.8. The van der Waals surface area contributed by atoms with E-state index in [1.54, 1.807) is 36.5 Å². The molecule has 0 bridgehead atoms. The van der Waals surface area contributed by atoms with E-state index in [2.05, 4.69) is 43.1 Å². The highest BCUT2D eigenvalue weighted by molar-refractivity contribution is 7.99. The molecule has 66 heavy (non-hydrogen) atoms. The maximum absolute atomic E-state index is 13.0. The summed E-state index contributed by atoms with van der Waals surface area (Å²) in [5.41, 5.74) is 14.6. The Morgan fingerprint density at radius 2 is 1.61 bits per heavy atom. The molecule has 8 N–H and O–H groups in total. The first-order valence-electron chi connectivity index (χ1n) is 22.3. The fourth-order valence-electron chi connectivity index (χ4n) is 8.81. The third-order valence-electron chi connectivity index (χ3n) is 12.6. The van der Waals surface area contributed by atoms with Crippen LogP contribution in [-0.4, -0.2) is 128 Å². The van der Waals surface area contributed by atoms with E-state index in [9.17, 15) is 28.8 Å². The number of fused-ring (bicyclic) bond motifs is 1. The average molecular weight is 950 g/mol. The van der Waals surface area contributed by atoms with Gasteiger partial charge in [-0.05, 0) is 73.8 Å². The van der Waals surface area contributed by atoms with Crippen LogP contribution >= 0.6 is 23.4 Å². The predicted molar refractivity (Wildman–Crippen MR) is 247 cm³/mol. The molecule has 4 aliphatic rings. The normalized spacial score (nSPS) is 20.1. The number of piperidine rings is 2. The SMILES string of the molecule is CC1CCC2(CCN(c3cnc(Sc4cccc(NC(=O)CCC(=O)NCCOCCOCCOCCNc5ccc6c(c5)C(=O)N(C5CCC(=O)NC5=O)C6=O)c4Cl)c(N)n3)CC2)C1N. The molecule has 1 aromatic heterocycles. The Morgan fingerprint density at radius 3 is 2.30 bits per heavy atom. The molecule has 3 aliphatic heterocycles. The summed E-state index contributed by atoms with van der Waals surface area (Å²) < 4.78 is 16.6. The van der Waals surface area contributed by atoms with Crippen LogP contribution in [0.15, 0.2) is 52.5 Å². The van der Waals surface area contributed by atoms with Crippen LogP contribution < -0.4 is 37.6 Å². The first-order valence-corrected chi connectivity index (χ1v) is 23.5. The minimum atomic E-state index is -1.02. The van der Waals surface area contributed by atoms with Crippen molar-refractivity contribution < 1.29 is 43.0 Å². The molecule has 3 atom stereocenters. The fraction of sp³-hybridized carbons (Fsp3) is 0.511. The lowest BCUT2D eigenvalue weighted by Gasteiger charge is -2.43. The van der Waals surface area contributed by atoms with Gasteiger partial charge < -0.3 is 46.5 Å². The van der Waals surface area contributed by atoms with Crippen LogP contribution in [0.2, 0.25) is 5.02 Å². The van der Waals surface area contributed by atoms with Crippen molar-refractivity contribution in [3.05, 3.63) is 58.7 Å². The van der Waals surface area contributed by atoms with Gasteiger partial charge in [0.25, 0.3) is 11.8 Å². The monoisotopic (exact) mass is 948 g/mol. The molecule has 6 amide bonds. The van der Waals surface area contributed by atoms with Gasteiger partial charge >= 0.3 is 0 Å². The molecule has 3 unspecified atom stereocenters. The van der Waals surface area contributed by atoms with Gasteiger partial charge in [0, 0.05) is 62.1 Å². The van der Waals surface area contributed by atoms with E-state index in [1.165, 1.54) is 24.6 Å². The lowest BCUT2D eigenvalue weighted by Crippen LogP contribution is -2.54. The lowest BCUT2D eigenvalue weighted by molar-refractivity contribution is -0.136. The quantitative estimate of drug-likeness (QED) is 0.0658. The second-order valence-corrected chi connectivity index (χ2v) is 18.3. The van der Waals surface area contributed by atoms with E-state index < -0.39 is 29.7 Å². The number of carbonyl (C=O) groups is 6. The van der Waals surface area contributed by atoms with Crippen LogP contribution in [0.5, 0.6) is 0 Å². The lowest BCUT2D eigenvalue weighted by atomic mass is 9.73. The summed E-state index contributed by atoms with van der Waals surface area (Å²) >= 11 is 7.96. The third kappa shape index (κ3) is 11.8. The number of aromatic nitrogens is 2. The summed E-state index contributed by atoms with van der Waals surface area (Å²) in [6, 6.07) is 9.28. The minimum Gasteiger partial charge on any atom is -0.383 e. The van der Waals surface area contributed by atoms with E-state index in [0.717, 1.165) is 36.6 Å². The number of nitrogens with zero attached hydrogens (tertiary/aromatic N) is 4. The molecule has 3 aromatic rings. The zero-order valence-electron chi connectivity index (χ0n) is 36.9. The van der Waals surface area contributed by atoms with Gasteiger partial charge in [0.2, 0.25) is 23.6 Å². The minimum absolute atomic E-state index is 0.0157. The smallest absolute Gasteiger partial charge is 0.262 e. The molecule has 3 fully saturated rings. The van der Waals surface area contributed by atoms with E-state index in [-0.39, 0.29) is 73.2 Å². The Labute approximate surface area is 392 Å². The average Bonchev–Trinajstić information content (AvgIpc) is 3.71. The number of nitrogen functional groups attached to an aromatic ring is 1. The van der Waals surface area contributed by atoms with E-state index in [0.29, 0.717) is 77.6 Å². The molecule has 21 heteroatoms. The van der Waals surface area contributed by atoms with Crippen LogP contribution in [0.4, 0.5) is 23.0 Å². The maximum atomic E-state index is 13.0. The highest BCUT2D eigenvalue weighted by Crippen LogP contribution is 2.48. The predicted octanol–water partition coefficient (Wildman–Crippen LogP) is 3.61. The summed E-state index contributed by atoms with van der Waals surface area (Å²) in [6.07, 6.45) is 6.26. The Kier molecular flexibility index (Phi) is 16.5. The number of nitrogens with two attached hydrogens (primary N) is 2. The van der Waals surface area contributed by atoms with Gasteiger partial charge in [-0.2, -0.15) is 0 Å². The molecule has 1 aliphatic carbocycles. The first kappa shape index (κ1) is 48.6. The van der Waals surface area contributed by atoms with Crippen molar-refractivity contribution in [1.29, 1.82) is 0 Å². The van der Waals surface area contributed by atoms with Crippen LogP contribution in [0, 0.1) is 11.3 Å². The van der Waals surface area contributed by atoms with Gasteiger partial charge in [-0.1, -0.05) is 36.4 Å². The van der Waals surface area contributed by atoms with Gasteiger partial charge in [-0.25, -0.2) is 9.97 Å². The van der Waals surface area contributed by atoms with Crippen molar-refractivity contribution in [1.82, 2.24) is 25.5 Å². The van der Waals surface area contributed by atoms with Crippen molar-refractivity contribution in [3.63, 3.8) is 0 Å². The summed E-state index contributed by atoms with van der Waals surface area (Å²) in [4.78, 5) is 87.9. The Bertz CT molecular complexity index is 2300. The summed E-state index contributed by atoms with van der Waals surface area (Å²) in [7, 11) is 0. The number of hydrogen-bond acceptors (Lipinski definition) is 16. The van der Waals surface area contributed by atoms with Gasteiger partial charge in [0.15, 0.2) is 5.82 Å². The van der Waals surface area contributed by atoms with Crippen LogP contribution in [-0.2, 0) is 33.4 Å². The number of nitrogens with one attached hydrogen (secondary N) is 4. The molecule has 0 radical (unpaired) electrons. The van der Waals surface area contributed by atoms with Crippen LogP contribution in [0.3, 0.4) is 0 Å². The number of rotatable bonds is 21. The number of benzene rings is 2. The molecular formula is C45H57ClN10O9S. The maximum Gasteiger partial charge on any atom is 0.262 e. The van der Waals surface area contributed by atoms with Crippen molar-refractivity contribution in [2.75, 3.05) is 87.1 Å². The zero-order valence-corrected chi connectivity index (χ0v) is 38.5. The number of imide groups is 2. The molecule has 1 saturated carbocycles. The number of halogens is 1. The van der Waals surface area contributed by atoms with Gasteiger partial charge in [0.1, 0.15) is 16.9 Å². The summed E-state index contributed by atoms with van der Waals surface area (Å²) in [5.74, 6) is -1.26. The van der Waals surface area contributed by atoms with E-state index in [4.69, 9.17) is 37.3 Å². The van der Waals surface area contributed by atoms with Gasteiger partial charge in [0.05, 0.1) is 67.7 Å². The standard InChI is InChI=1S/C45H57ClN10O9S/c1-27-11-12-45(39(27)47)13-17-55(18-14-45)34-26-51-42(40(48)53-34)66-33-4-2-3-31(38(33)46)52-36(58)10-9-35(57)50-16-20-64-22-24-65-23-21-63-19-15-49-28-5-6-29-30(25-28)44(62)56(43(29)61)32-7-8-37(59)54-41(32)60/h2-6,25-27,32,39,49H,7-24,47H2,1H3,(H2,48,53)(H,50,57)(H,52,58)(H,54,59,60). The Balaban J connectivity index is 0.704. The molecule has 7 rings (SSSR count). The summed E-state index contributed by atoms with van der Waals surface area (Å²) in [6.45, 7) is 6.63. The Morgan fingerprint density at radius 1 is 0.909 bits per heavy atom. The van der Waals surface area contributed by atoms with Gasteiger partial charge in [-0.3, -0.25) is 39.0 Å². The largest absolute Gasteiger partial charge is 0.383 e. The van der Waals surface area contributed by atoms with Crippen molar-refractivity contribution in [2.45, 2.75) is 80.3 Å². The highest BCUT2D eigenvalue weighted by atomic mass is 35.5. The topological polar surface area (TPSA) is 263 Å². The van der Waals surface area contributed by atoms with Crippen molar-refractivity contribution in [3.8, 4) is 0 Å². The molecule has 2 saturated heterocycles. The first-order chi connectivity index (χ1) is 31.8. The van der Waals surface area contributed by atoms with Crippen molar-refractivity contribution >= 4 is 81.8 Å². The van der Waals surface area contributed by atoms with Crippen LogP contribution in [0.25, 0.3) is 0 Å². The molecular weight excluding hydrogens is 892 g/mol. The third-order valence-corrected chi connectivity index (χ3v) is 14.2. The van der Waals surface area contributed by atoms with Crippen molar-refractivity contribution in [2.24, 2.45) is 17.1 Å². The van der Waals surface area contributed by atoms with Crippen LogP contribution in [0.1, 0.15) is 79.0 Å². The second kappa shape index (κ2) is 22.4. The Hall–Kier alpha value is -5.38. The fourth-order valence-corrected chi connectivity index (χ4v) is 9.91. The molecule has 2 aromatic carbocycles. The molecule has 4 heterocycles. The van der Waals surface area contributed by atoms with E-state index >= 15 is 0 Å². The van der Waals surface area contributed by atoms with E-state index in [1.807, 2.05) is 6.07 Å². The second-order valence-electron chi connectivity index (χ2n) is 16.9. The highest BCUT2D eigenvalue weighted by Gasteiger charge is 2.47. The van der Waals surface area contributed by atoms with Gasteiger partial charge in [-0.15, -0.1) is 0 Å². The molecule has 354 valence electrons. The molecule has 19 nitrogen and oxygen atoms in total.